The summed E-state index contributed by atoms with van der Waals surface area (Å²) in [6.45, 7) is 2.89. The highest BCUT2D eigenvalue weighted by Gasteiger charge is 2.31. The monoisotopic (exact) mass is 378 g/mol. The number of hydrogen-bond acceptors (Lipinski definition) is 5. The largest absolute Gasteiger partial charge is 0.508 e. The lowest BCUT2D eigenvalue weighted by molar-refractivity contribution is 0.0925. The molecule has 0 aliphatic carbocycles. The summed E-state index contributed by atoms with van der Waals surface area (Å²) in [5, 5.41) is 12.1. The van der Waals surface area contributed by atoms with Gasteiger partial charge in [-0.1, -0.05) is 12.1 Å². The average molecular weight is 378 g/mol. The number of furan rings is 1. The van der Waals surface area contributed by atoms with Crippen molar-refractivity contribution >= 4 is 15.9 Å². The molecule has 1 aliphatic rings. The topological polar surface area (TPSA) is 99.8 Å². The molecule has 140 valence electrons. The standard InChI is InChI=1S/C18H22N2O5S/c1-13-17(26(23,24)20-9-2-3-10-20)12-16(25-13)18(22)19-8-7-14-5-4-6-15(21)11-14/h4-6,11-12,21H,2-3,7-10H2,1H3,(H,19,22). The average Bonchev–Trinajstić information content (AvgIpc) is 3.25. The smallest absolute Gasteiger partial charge is 0.287 e. The first-order valence-corrected chi connectivity index (χ1v) is 9.98. The van der Waals surface area contributed by atoms with Crippen LogP contribution in [0, 0.1) is 6.92 Å². The number of nitrogens with one attached hydrogen (secondary N) is 1. The van der Waals surface area contributed by atoms with Crippen molar-refractivity contribution in [2.45, 2.75) is 31.1 Å². The molecule has 0 atom stereocenters. The van der Waals surface area contributed by atoms with Crippen LogP contribution in [0.25, 0.3) is 0 Å². The minimum atomic E-state index is -3.62. The Morgan fingerprint density at radius 3 is 2.69 bits per heavy atom. The summed E-state index contributed by atoms with van der Waals surface area (Å²) < 4.78 is 32.1. The second kappa shape index (κ2) is 7.51. The summed E-state index contributed by atoms with van der Waals surface area (Å²) >= 11 is 0. The number of phenols is 1. The molecule has 1 saturated heterocycles. The fraction of sp³-hybridized carbons (Fsp3) is 0.389. The maximum Gasteiger partial charge on any atom is 0.287 e. The number of aryl methyl sites for hydroxylation is 1. The van der Waals surface area contributed by atoms with E-state index < -0.39 is 15.9 Å². The van der Waals surface area contributed by atoms with Gasteiger partial charge in [-0.2, -0.15) is 4.31 Å². The first-order valence-electron chi connectivity index (χ1n) is 8.54. The van der Waals surface area contributed by atoms with Crippen LogP contribution in [0.3, 0.4) is 0 Å². The van der Waals surface area contributed by atoms with E-state index in [0.717, 1.165) is 18.4 Å². The van der Waals surface area contributed by atoms with E-state index in [1.165, 1.54) is 10.4 Å². The number of carbonyl (C=O) groups excluding carboxylic acids is 1. The third kappa shape index (κ3) is 3.91. The molecule has 8 heteroatoms. The van der Waals surface area contributed by atoms with Gasteiger partial charge in [0.2, 0.25) is 10.0 Å². The van der Waals surface area contributed by atoms with E-state index in [-0.39, 0.29) is 22.2 Å². The quantitative estimate of drug-likeness (QED) is 0.801. The van der Waals surface area contributed by atoms with Crippen molar-refractivity contribution in [3.63, 3.8) is 0 Å². The third-order valence-electron chi connectivity index (χ3n) is 4.39. The van der Waals surface area contributed by atoms with Crippen LogP contribution in [0.5, 0.6) is 5.75 Å². The number of rotatable bonds is 6. The van der Waals surface area contributed by atoms with Crippen LogP contribution in [-0.4, -0.2) is 43.4 Å². The Morgan fingerprint density at radius 1 is 1.27 bits per heavy atom. The van der Waals surface area contributed by atoms with Crippen LogP contribution < -0.4 is 5.32 Å². The first kappa shape index (κ1) is 18.5. The number of phenolic OH excluding ortho intramolecular Hbond substituents is 1. The molecule has 2 aromatic rings. The molecule has 26 heavy (non-hydrogen) atoms. The van der Waals surface area contributed by atoms with Crippen LogP contribution in [0.4, 0.5) is 0 Å². The van der Waals surface area contributed by atoms with Crippen molar-refractivity contribution in [2.24, 2.45) is 0 Å². The first-order chi connectivity index (χ1) is 12.4. The van der Waals surface area contributed by atoms with E-state index in [0.29, 0.717) is 26.1 Å². The second-order valence-electron chi connectivity index (χ2n) is 6.32. The summed E-state index contributed by atoms with van der Waals surface area (Å²) in [5.74, 6) is -0.0883. The zero-order valence-electron chi connectivity index (χ0n) is 14.6. The van der Waals surface area contributed by atoms with Gasteiger partial charge in [-0.25, -0.2) is 8.42 Å². The molecule has 1 fully saturated rings. The van der Waals surface area contributed by atoms with Crippen molar-refractivity contribution in [2.75, 3.05) is 19.6 Å². The molecule has 0 radical (unpaired) electrons. The predicted octanol–water partition coefficient (Wildman–Crippen LogP) is 2.05. The summed E-state index contributed by atoms with van der Waals surface area (Å²) in [5.41, 5.74) is 0.887. The lowest BCUT2D eigenvalue weighted by atomic mass is 10.1. The highest BCUT2D eigenvalue weighted by Crippen LogP contribution is 2.26. The van der Waals surface area contributed by atoms with Crippen molar-refractivity contribution in [1.29, 1.82) is 0 Å². The van der Waals surface area contributed by atoms with Crippen LogP contribution >= 0.6 is 0 Å². The Morgan fingerprint density at radius 2 is 2.00 bits per heavy atom. The Hall–Kier alpha value is -2.32. The van der Waals surface area contributed by atoms with Crippen LogP contribution in [0.2, 0.25) is 0 Å². The molecule has 0 spiro atoms. The van der Waals surface area contributed by atoms with Gasteiger partial charge in [0.05, 0.1) is 0 Å². The molecule has 1 aromatic heterocycles. The summed E-state index contributed by atoms with van der Waals surface area (Å²) in [7, 11) is -3.62. The Labute approximate surface area is 152 Å². The van der Waals surface area contributed by atoms with Crippen LogP contribution in [-0.2, 0) is 16.4 Å². The lowest BCUT2D eigenvalue weighted by Gasteiger charge is -2.14. The van der Waals surface area contributed by atoms with E-state index >= 15 is 0 Å². The molecule has 2 heterocycles. The van der Waals surface area contributed by atoms with Crippen LogP contribution in [0.15, 0.2) is 39.6 Å². The number of aromatic hydroxyl groups is 1. The third-order valence-corrected chi connectivity index (χ3v) is 6.39. The molecular formula is C18H22N2O5S. The fourth-order valence-corrected chi connectivity index (χ4v) is 4.70. The van der Waals surface area contributed by atoms with Crippen molar-refractivity contribution < 1.29 is 22.7 Å². The summed E-state index contributed by atoms with van der Waals surface area (Å²) in [6, 6.07) is 8.09. The molecule has 0 saturated carbocycles. The number of sulfonamides is 1. The van der Waals surface area contributed by atoms with E-state index in [9.17, 15) is 18.3 Å². The molecule has 1 aliphatic heterocycles. The number of benzene rings is 1. The van der Waals surface area contributed by atoms with Crippen molar-refractivity contribution in [3.05, 3.63) is 47.4 Å². The van der Waals surface area contributed by atoms with E-state index in [1.54, 1.807) is 25.1 Å². The molecule has 1 aromatic carbocycles. The maximum absolute atomic E-state index is 12.6. The van der Waals surface area contributed by atoms with Gasteiger partial charge in [0.1, 0.15) is 16.4 Å². The van der Waals surface area contributed by atoms with E-state index in [1.807, 2.05) is 6.07 Å². The molecule has 3 rings (SSSR count). The van der Waals surface area contributed by atoms with E-state index in [2.05, 4.69) is 5.32 Å². The summed E-state index contributed by atoms with van der Waals surface area (Å²) in [6.07, 6.45) is 2.23. The normalized spacial score (nSPS) is 15.3. The van der Waals surface area contributed by atoms with E-state index in [4.69, 9.17) is 4.42 Å². The Bertz CT molecular complexity index is 898. The van der Waals surface area contributed by atoms with Gasteiger partial charge in [-0.3, -0.25) is 4.79 Å². The van der Waals surface area contributed by atoms with Crippen molar-refractivity contribution in [3.8, 4) is 5.75 Å². The summed E-state index contributed by atoms with van der Waals surface area (Å²) in [4.78, 5) is 12.3. The molecular weight excluding hydrogens is 356 g/mol. The van der Waals surface area contributed by atoms with Gasteiger partial charge in [0.25, 0.3) is 5.91 Å². The molecule has 2 N–H and O–H groups in total. The Kier molecular flexibility index (Phi) is 5.33. The predicted molar refractivity (Wildman–Crippen MR) is 95.6 cm³/mol. The highest BCUT2D eigenvalue weighted by molar-refractivity contribution is 7.89. The number of amides is 1. The minimum absolute atomic E-state index is 0.0174. The molecule has 0 bridgehead atoms. The fourth-order valence-electron chi connectivity index (χ4n) is 3.02. The van der Waals surface area contributed by atoms with Crippen LogP contribution in [0.1, 0.15) is 34.7 Å². The maximum atomic E-state index is 12.6. The zero-order chi connectivity index (χ0) is 18.7. The number of hydrogen-bond donors (Lipinski definition) is 2. The van der Waals surface area contributed by atoms with Gasteiger partial charge in [0, 0.05) is 25.7 Å². The molecule has 1 amide bonds. The lowest BCUT2D eigenvalue weighted by Crippen LogP contribution is -2.28. The second-order valence-corrected chi connectivity index (χ2v) is 8.22. The zero-order valence-corrected chi connectivity index (χ0v) is 15.4. The highest BCUT2D eigenvalue weighted by atomic mass is 32.2. The van der Waals surface area contributed by atoms with Gasteiger partial charge in [0.15, 0.2) is 5.76 Å². The van der Waals surface area contributed by atoms with Crippen molar-refractivity contribution in [1.82, 2.24) is 9.62 Å². The minimum Gasteiger partial charge on any atom is -0.508 e. The Balaban J connectivity index is 1.65. The number of carbonyl (C=O) groups is 1. The number of nitrogens with zero attached hydrogens (tertiary/aromatic N) is 1. The SMILES string of the molecule is Cc1oc(C(=O)NCCc2cccc(O)c2)cc1S(=O)(=O)N1CCCC1. The molecule has 0 unspecified atom stereocenters. The molecule has 7 nitrogen and oxygen atoms in total. The van der Waals surface area contributed by atoms with Gasteiger partial charge in [-0.05, 0) is 43.9 Å². The van der Waals surface area contributed by atoms with Gasteiger partial charge >= 0.3 is 0 Å². The van der Waals surface area contributed by atoms with Gasteiger partial charge in [-0.15, -0.1) is 0 Å². The van der Waals surface area contributed by atoms with Gasteiger partial charge < -0.3 is 14.8 Å².